The molecule has 0 aromatic rings. The first-order valence-corrected chi connectivity index (χ1v) is 7.38. The van der Waals surface area contributed by atoms with Crippen LogP contribution in [0.4, 0.5) is 0 Å². The second kappa shape index (κ2) is 5.41. The summed E-state index contributed by atoms with van der Waals surface area (Å²) in [5.74, 6) is -0.190. The van der Waals surface area contributed by atoms with Crippen LogP contribution in [0.15, 0.2) is 4.99 Å². The average molecular weight is 276 g/mol. The van der Waals surface area contributed by atoms with Crippen LogP contribution in [-0.2, 0) is 9.53 Å². The topological polar surface area (TPSA) is 77.7 Å². The Morgan fingerprint density at radius 3 is 2.65 bits per heavy atom. The lowest BCUT2D eigenvalue weighted by molar-refractivity contribution is -0.125. The number of nitriles is 1. The monoisotopic (exact) mass is 276 g/mol. The second-order valence-electron chi connectivity index (χ2n) is 5.75. The molecule has 1 saturated carbocycles. The molecule has 0 unspecified atom stereocenters. The minimum absolute atomic E-state index is 0.189. The molecule has 2 aliphatic heterocycles. The molecule has 1 N–H and O–H groups in total. The molecule has 3 aliphatic rings. The van der Waals surface area contributed by atoms with Gasteiger partial charge in [0.05, 0.1) is 24.8 Å². The van der Waals surface area contributed by atoms with Gasteiger partial charge in [0, 0.05) is 13.1 Å². The molecule has 6 nitrogen and oxygen atoms in total. The number of hydrogen-bond acceptors (Lipinski definition) is 5. The Hall–Kier alpha value is -1.61. The van der Waals surface area contributed by atoms with Crippen LogP contribution < -0.4 is 5.32 Å². The Kier molecular flexibility index (Phi) is 3.62. The molecule has 1 spiro atoms. The summed E-state index contributed by atoms with van der Waals surface area (Å²) < 4.78 is 5.33. The highest BCUT2D eigenvalue weighted by molar-refractivity contribution is 6.02. The van der Waals surface area contributed by atoms with Gasteiger partial charge in [0.2, 0.25) is 11.9 Å². The quantitative estimate of drug-likeness (QED) is 0.704. The lowest BCUT2D eigenvalue weighted by Gasteiger charge is -2.42. The van der Waals surface area contributed by atoms with Crippen LogP contribution in [0.1, 0.15) is 32.1 Å². The number of ether oxygens (including phenoxy) is 1. The summed E-state index contributed by atoms with van der Waals surface area (Å²) in [5, 5.41) is 12.2. The summed E-state index contributed by atoms with van der Waals surface area (Å²) in [5.41, 5.74) is -0.497. The second-order valence-corrected chi connectivity index (χ2v) is 5.75. The number of hydrogen-bond donors (Lipinski definition) is 1. The van der Waals surface area contributed by atoms with E-state index in [0.717, 1.165) is 38.8 Å². The van der Waals surface area contributed by atoms with Crippen LogP contribution in [-0.4, -0.2) is 48.6 Å². The molecule has 1 atom stereocenters. The Labute approximate surface area is 118 Å². The molecule has 0 aromatic heterocycles. The molecule has 1 amide bonds. The molecule has 0 bridgehead atoms. The van der Waals surface area contributed by atoms with Crippen LogP contribution in [0.25, 0.3) is 0 Å². The maximum Gasteiger partial charge on any atom is 0.246 e. The maximum absolute atomic E-state index is 12.3. The number of morpholine rings is 1. The van der Waals surface area contributed by atoms with Gasteiger partial charge in [-0.15, -0.1) is 0 Å². The Balaban J connectivity index is 1.91. The van der Waals surface area contributed by atoms with E-state index in [0.29, 0.717) is 19.2 Å². The predicted octanol–water partition coefficient (Wildman–Crippen LogP) is 0.647. The van der Waals surface area contributed by atoms with Crippen LogP contribution in [0.5, 0.6) is 0 Å². The van der Waals surface area contributed by atoms with Crippen molar-refractivity contribution in [1.82, 2.24) is 10.2 Å². The molecule has 0 aromatic carbocycles. The number of amides is 1. The maximum atomic E-state index is 12.3. The predicted molar refractivity (Wildman–Crippen MR) is 72.9 cm³/mol. The Morgan fingerprint density at radius 1 is 1.30 bits per heavy atom. The fourth-order valence-corrected chi connectivity index (χ4v) is 3.40. The highest BCUT2D eigenvalue weighted by Crippen LogP contribution is 2.39. The molecule has 1 saturated heterocycles. The van der Waals surface area contributed by atoms with Crippen molar-refractivity contribution in [2.75, 3.05) is 26.3 Å². The summed E-state index contributed by atoms with van der Waals surface area (Å²) in [6.07, 6.45) is 4.94. The van der Waals surface area contributed by atoms with Gasteiger partial charge in [0.1, 0.15) is 0 Å². The van der Waals surface area contributed by atoms with Gasteiger partial charge < -0.3 is 9.64 Å². The minimum atomic E-state index is -0.646. The zero-order chi connectivity index (χ0) is 14.0. The first-order valence-electron chi connectivity index (χ1n) is 7.38. The standard InChI is InChI=1S/C14H20N4O2/c15-10-11-12(19)16-13(18-6-8-20-9-7-18)17-14(11)4-2-1-3-5-14/h11H,1-9H2,(H,16,17,19)/t11-/m0/s1. The van der Waals surface area contributed by atoms with Gasteiger partial charge in [-0.1, -0.05) is 19.3 Å². The summed E-state index contributed by atoms with van der Waals surface area (Å²) in [6.45, 7) is 2.80. The van der Waals surface area contributed by atoms with Gasteiger partial charge in [0.15, 0.2) is 5.92 Å². The van der Waals surface area contributed by atoms with Crippen LogP contribution >= 0.6 is 0 Å². The average Bonchev–Trinajstić information content (AvgIpc) is 2.49. The van der Waals surface area contributed by atoms with Gasteiger partial charge >= 0.3 is 0 Å². The number of rotatable bonds is 0. The van der Waals surface area contributed by atoms with E-state index < -0.39 is 11.5 Å². The largest absolute Gasteiger partial charge is 0.378 e. The number of carbonyl (C=O) groups is 1. The molecular weight excluding hydrogens is 256 g/mol. The highest BCUT2D eigenvalue weighted by Gasteiger charge is 2.48. The third-order valence-electron chi connectivity index (χ3n) is 4.52. The van der Waals surface area contributed by atoms with Gasteiger partial charge in [-0.2, -0.15) is 5.26 Å². The van der Waals surface area contributed by atoms with Crippen molar-refractivity contribution < 1.29 is 9.53 Å². The van der Waals surface area contributed by atoms with Crippen LogP contribution in [0.3, 0.4) is 0 Å². The SMILES string of the molecule is N#C[C@H]1C(=O)NC(N2CCOCC2)=NC12CCCCC2. The Morgan fingerprint density at radius 2 is 2.00 bits per heavy atom. The highest BCUT2D eigenvalue weighted by atomic mass is 16.5. The van der Waals surface area contributed by atoms with Crippen molar-refractivity contribution >= 4 is 11.9 Å². The molecule has 2 heterocycles. The van der Waals surface area contributed by atoms with E-state index in [1.165, 1.54) is 6.42 Å². The zero-order valence-electron chi connectivity index (χ0n) is 11.6. The molecule has 108 valence electrons. The molecule has 1 aliphatic carbocycles. The van der Waals surface area contributed by atoms with E-state index in [9.17, 15) is 10.1 Å². The van der Waals surface area contributed by atoms with Gasteiger partial charge in [-0.3, -0.25) is 10.1 Å². The number of guanidine groups is 1. The molecule has 6 heteroatoms. The number of nitrogens with one attached hydrogen (secondary N) is 1. The summed E-state index contributed by atoms with van der Waals surface area (Å²) in [4.78, 5) is 19.2. The fraction of sp³-hybridized carbons (Fsp3) is 0.786. The van der Waals surface area contributed by atoms with Gasteiger partial charge in [-0.25, -0.2) is 4.99 Å². The first kappa shape index (κ1) is 13.4. The number of nitrogens with zero attached hydrogens (tertiary/aromatic N) is 3. The van der Waals surface area contributed by atoms with Crippen molar-refractivity contribution in [1.29, 1.82) is 5.26 Å². The summed E-state index contributed by atoms with van der Waals surface area (Å²) >= 11 is 0. The summed E-state index contributed by atoms with van der Waals surface area (Å²) in [6, 6.07) is 2.18. The van der Waals surface area contributed by atoms with Crippen LogP contribution in [0, 0.1) is 17.2 Å². The molecule has 3 rings (SSSR count). The normalized spacial score (nSPS) is 29.6. The molecule has 0 radical (unpaired) electrons. The van der Waals surface area contributed by atoms with E-state index in [-0.39, 0.29) is 5.91 Å². The van der Waals surface area contributed by atoms with Crippen molar-refractivity contribution in [2.45, 2.75) is 37.6 Å². The van der Waals surface area contributed by atoms with Crippen molar-refractivity contribution in [3.05, 3.63) is 0 Å². The van der Waals surface area contributed by atoms with E-state index >= 15 is 0 Å². The van der Waals surface area contributed by atoms with E-state index in [2.05, 4.69) is 16.3 Å². The minimum Gasteiger partial charge on any atom is -0.378 e. The lowest BCUT2D eigenvalue weighted by Crippen LogP contribution is -2.59. The van der Waals surface area contributed by atoms with E-state index in [1.54, 1.807) is 0 Å². The summed E-state index contributed by atoms with van der Waals surface area (Å²) in [7, 11) is 0. The van der Waals surface area contributed by atoms with Crippen molar-refractivity contribution in [3.63, 3.8) is 0 Å². The fourth-order valence-electron chi connectivity index (χ4n) is 3.40. The lowest BCUT2D eigenvalue weighted by atomic mass is 9.72. The van der Waals surface area contributed by atoms with Crippen LogP contribution in [0.2, 0.25) is 0 Å². The first-order chi connectivity index (χ1) is 9.75. The third kappa shape index (κ3) is 2.27. The van der Waals surface area contributed by atoms with E-state index in [1.807, 2.05) is 0 Å². The molecule has 2 fully saturated rings. The zero-order valence-corrected chi connectivity index (χ0v) is 11.6. The third-order valence-corrected chi connectivity index (χ3v) is 4.52. The van der Waals surface area contributed by atoms with Crippen molar-refractivity contribution in [2.24, 2.45) is 10.9 Å². The number of carbonyl (C=O) groups excluding carboxylic acids is 1. The molecule has 20 heavy (non-hydrogen) atoms. The van der Waals surface area contributed by atoms with E-state index in [4.69, 9.17) is 9.73 Å². The van der Waals surface area contributed by atoms with Crippen molar-refractivity contribution in [3.8, 4) is 6.07 Å². The van der Waals surface area contributed by atoms with Gasteiger partial charge in [0.25, 0.3) is 0 Å². The Bertz CT molecular complexity index is 456. The molecular formula is C14H20N4O2. The number of aliphatic imine (C=N–C) groups is 1. The smallest absolute Gasteiger partial charge is 0.246 e. The van der Waals surface area contributed by atoms with Gasteiger partial charge in [-0.05, 0) is 12.8 Å².